The van der Waals surface area contributed by atoms with Gasteiger partial charge in [0.1, 0.15) is 11.2 Å². The Labute approximate surface area is 398 Å². The Bertz CT molecular complexity index is 3870. The Morgan fingerprint density at radius 3 is 1.55 bits per heavy atom. The first-order valence-corrected chi connectivity index (χ1v) is 22.8. The number of aromatic nitrogens is 7. The third-order valence-electron chi connectivity index (χ3n) is 12.4. The average Bonchev–Trinajstić information content (AvgIpc) is 3.96. The summed E-state index contributed by atoms with van der Waals surface area (Å²) in [4.78, 5) is 30.5. The van der Waals surface area contributed by atoms with Gasteiger partial charge in [0.05, 0.1) is 11.2 Å². The van der Waals surface area contributed by atoms with E-state index in [0.29, 0.717) is 34.9 Å². The van der Waals surface area contributed by atoms with Gasteiger partial charge in [-0.1, -0.05) is 176 Å². The Morgan fingerprint density at radius 2 is 0.928 bits per heavy atom. The van der Waals surface area contributed by atoms with Crippen LogP contribution in [0.5, 0.6) is 0 Å². The van der Waals surface area contributed by atoms with Gasteiger partial charge in [0.2, 0.25) is 0 Å². The molecule has 0 fully saturated rings. The van der Waals surface area contributed by atoms with Gasteiger partial charge in [0.15, 0.2) is 34.9 Å². The molecular weight excluding hydrogens is 847 g/mol. The lowest BCUT2D eigenvalue weighted by Gasteiger charge is -2.12. The second-order valence-corrected chi connectivity index (χ2v) is 16.7. The number of para-hydroxylation sites is 1. The topological polar surface area (TPSA) is 95.4 Å². The smallest absolute Gasteiger partial charge is 0.164 e. The minimum Gasteiger partial charge on any atom is -0.456 e. The molecule has 8 aromatic carbocycles. The number of hydrogen-bond acceptors (Lipinski definition) is 7. The lowest BCUT2D eigenvalue weighted by molar-refractivity contribution is 0.669. The first-order chi connectivity index (χ1) is 34.1. The van der Waals surface area contributed by atoms with E-state index >= 15 is 0 Å². The van der Waals surface area contributed by atoms with E-state index in [1.165, 1.54) is 0 Å². The van der Waals surface area contributed by atoms with Crippen LogP contribution in [-0.2, 0) is 0 Å². The monoisotopic (exact) mass is 887 g/mol. The molecule has 8 nitrogen and oxygen atoms in total. The fraction of sp³-hybridized carbons (Fsp3) is 0.0164. The third-order valence-corrected chi connectivity index (χ3v) is 12.4. The molecule has 0 unspecified atom stereocenters. The van der Waals surface area contributed by atoms with Gasteiger partial charge in [-0.05, 0) is 66.6 Å². The van der Waals surface area contributed by atoms with Crippen LogP contribution in [0.2, 0.25) is 0 Å². The summed E-state index contributed by atoms with van der Waals surface area (Å²) in [7, 11) is 0. The molecule has 12 rings (SSSR count). The van der Waals surface area contributed by atoms with Crippen LogP contribution in [0, 0.1) is 0 Å². The van der Waals surface area contributed by atoms with Crippen molar-refractivity contribution in [2.45, 2.75) is 6.92 Å². The van der Waals surface area contributed by atoms with Gasteiger partial charge in [-0.3, -0.25) is 0 Å². The van der Waals surface area contributed by atoms with E-state index in [1.54, 1.807) is 0 Å². The van der Waals surface area contributed by atoms with Crippen molar-refractivity contribution in [1.82, 2.24) is 34.5 Å². The second kappa shape index (κ2) is 17.4. The third kappa shape index (κ3) is 7.56. The number of fused-ring (bicyclic) bond motifs is 4. The van der Waals surface area contributed by atoms with Gasteiger partial charge in [0, 0.05) is 60.8 Å². The van der Waals surface area contributed by atoms with Crippen molar-refractivity contribution < 1.29 is 4.42 Å². The zero-order chi connectivity index (χ0) is 46.3. The Kier molecular flexibility index (Phi) is 10.4. The van der Waals surface area contributed by atoms with Crippen LogP contribution in [0.3, 0.4) is 0 Å². The number of nitrogens with zero attached hydrogens (tertiary/aromatic N) is 7. The molecule has 0 amide bonds. The molecule has 326 valence electrons. The molecule has 0 saturated carbocycles. The van der Waals surface area contributed by atoms with Gasteiger partial charge >= 0.3 is 0 Å². The molecule has 0 atom stereocenters. The van der Waals surface area contributed by atoms with Gasteiger partial charge < -0.3 is 8.98 Å². The Balaban J connectivity index is 0.987. The quantitative estimate of drug-likeness (QED) is 0.135. The summed E-state index contributed by atoms with van der Waals surface area (Å²) in [5.74, 6) is 3.49. The first-order valence-electron chi connectivity index (χ1n) is 22.8. The average molecular weight is 888 g/mol. The fourth-order valence-electron chi connectivity index (χ4n) is 9.19. The highest BCUT2D eigenvalue weighted by atomic mass is 16.3. The van der Waals surface area contributed by atoms with Gasteiger partial charge in [-0.15, -0.1) is 0 Å². The number of rotatable bonds is 10. The highest BCUT2D eigenvalue weighted by Gasteiger charge is 2.21. The summed E-state index contributed by atoms with van der Waals surface area (Å²) in [6.07, 6.45) is 6.13. The van der Waals surface area contributed by atoms with Crippen molar-refractivity contribution >= 4 is 45.0 Å². The highest BCUT2D eigenvalue weighted by Crippen LogP contribution is 2.40. The SMILES string of the molecule is C=Cc1c(/C=C\C)n(-c2cccc(-c3nc(-c4ccccc4)nc(-c4cccc5oc6ccc(-c7cccc(-c8nc(-c9ccccc9)nc(-c9ccccc9)n8)c7)cc6c45)n3)c2)c2ccccc12. The summed E-state index contributed by atoms with van der Waals surface area (Å²) in [5.41, 5.74) is 13.0. The van der Waals surface area contributed by atoms with Crippen LogP contribution in [0.15, 0.2) is 217 Å². The molecule has 0 N–H and O–H groups in total. The largest absolute Gasteiger partial charge is 0.456 e. The second-order valence-electron chi connectivity index (χ2n) is 16.7. The van der Waals surface area contributed by atoms with E-state index in [9.17, 15) is 0 Å². The predicted octanol–water partition coefficient (Wildman–Crippen LogP) is 15.2. The molecule has 0 radical (unpaired) electrons. The van der Waals surface area contributed by atoms with Crippen molar-refractivity contribution in [2.24, 2.45) is 0 Å². The zero-order valence-electron chi connectivity index (χ0n) is 37.5. The maximum absolute atomic E-state index is 6.57. The normalized spacial score (nSPS) is 11.6. The van der Waals surface area contributed by atoms with Crippen LogP contribution in [0.25, 0.3) is 130 Å². The lowest BCUT2D eigenvalue weighted by atomic mass is 9.99. The number of allylic oxidation sites excluding steroid dienone is 1. The minimum atomic E-state index is 0.540. The van der Waals surface area contributed by atoms with Gasteiger partial charge in [-0.25, -0.2) is 29.9 Å². The van der Waals surface area contributed by atoms with Crippen LogP contribution in [0.4, 0.5) is 0 Å². The minimum absolute atomic E-state index is 0.540. The van der Waals surface area contributed by atoms with Crippen LogP contribution in [-0.4, -0.2) is 34.5 Å². The molecule has 8 heteroatoms. The van der Waals surface area contributed by atoms with Crippen molar-refractivity contribution in [1.29, 1.82) is 0 Å². The van der Waals surface area contributed by atoms with E-state index in [2.05, 4.69) is 102 Å². The lowest BCUT2D eigenvalue weighted by Crippen LogP contribution is -2.02. The summed E-state index contributed by atoms with van der Waals surface area (Å²) in [6, 6.07) is 67.6. The molecule has 4 heterocycles. The van der Waals surface area contributed by atoms with Crippen molar-refractivity contribution in [2.75, 3.05) is 0 Å². The molecule has 4 aromatic heterocycles. The first kappa shape index (κ1) is 41.1. The van der Waals surface area contributed by atoms with Crippen molar-refractivity contribution in [3.8, 4) is 85.1 Å². The number of benzene rings is 8. The molecule has 0 saturated heterocycles. The van der Waals surface area contributed by atoms with E-state index in [-0.39, 0.29) is 0 Å². The van der Waals surface area contributed by atoms with Gasteiger partial charge in [0.25, 0.3) is 0 Å². The molecule has 0 spiro atoms. The van der Waals surface area contributed by atoms with E-state index in [4.69, 9.17) is 34.3 Å². The highest BCUT2D eigenvalue weighted by molar-refractivity contribution is 6.13. The summed E-state index contributed by atoms with van der Waals surface area (Å²) < 4.78 is 8.84. The summed E-state index contributed by atoms with van der Waals surface area (Å²) >= 11 is 0. The Hall–Kier alpha value is -9.40. The zero-order valence-corrected chi connectivity index (χ0v) is 37.5. The van der Waals surface area contributed by atoms with Crippen LogP contribution in [0.1, 0.15) is 18.2 Å². The number of hydrogen-bond donors (Lipinski definition) is 0. The summed E-state index contributed by atoms with van der Waals surface area (Å²) in [5, 5.41) is 2.99. The van der Waals surface area contributed by atoms with E-state index in [0.717, 1.165) is 94.3 Å². The maximum Gasteiger partial charge on any atom is 0.164 e. The van der Waals surface area contributed by atoms with Crippen molar-refractivity contribution in [3.63, 3.8) is 0 Å². The standard InChI is InChI=1S/C61H41N7O/c1-3-19-51-47(4-2)48-30-14-15-32-52(48)68(51)46-29-17-28-45(37-46)60-65-58(41-24-12-7-13-25-41)66-61(67-60)49-31-18-33-54-55(49)50-38-43(34-35-53(50)69-54)42-26-16-27-44(36-42)59-63-56(39-20-8-5-9-21-39)62-57(64-59)40-22-10-6-11-23-40/h3-38H,2H2,1H3/b19-3-. The fourth-order valence-corrected chi connectivity index (χ4v) is 9.19. The molecule has 0 aliphatic heterocycles. The Morgan fingerprint density at radius 1 is 0.420 bits per heavy atom. The molecule has 69 heavy (non-hydrogen) atoms. The molecule has 12 aromatic rings. The van der Waals surface area contributed by atoms with Crippen LogP contribution >= 0.6 is 0 Å². The molecular formula is C61H41N7O. The number of furan rings is 1. The van der Waals surface area contributed by atoms with Crippen molar-refractivity contribution in [3.05, 3.63) is 224 Å². The molecule has 0 bridgehead atoms. The molecule has 0 aliphatic rings. The predicted molar refractivity (Wildman–Crippen MR) is 280 cm³/mol. The van der Waals surface area contributed by atoms with E-state index < -0.39 is 0 Å². The van der Waals surface area contributed by atoms with Gasteiger partial charge in [-0.2, -0.15) is 0 Å². The molecule has 0 aliphatic carbocycles. The van der Waals surface area contributed by atoms with Crippen LogP contribution < -0.4 is 0 Å². The maximum atomic E-state index is 6.57. The van der Waals surface area contributed by atoms with E-state index in [1.807, 2.05) is 134 Å². The summed E-state index contributed by atoms with van der Waals surface area (Å²) in [6.45, 7) is 6.21.